The summed E-state index contributed by atoms with van der Waals surface area (Å²) in [5.74, 6) is 1.48. The van der Waals surface area contributed by atoms with E-state index in [1.54, 1.807) is 4.90 Å². The first kappa shape index (κ1) is 26.7. The average Bonchev–Trinajstić information content (AvgIpc) is 2.84. The van der Waals surface area contributed by atoms with Gasteiger partial charge in [-0.2, -0.15) is 0 Å². The molecule has 0 spiro atoms. The first-order valence-corrected chi connectivity index (χ1v) is 13.0. The fraction of sp³-hybridized carbons (Fsp3) is 0.556. The van der Waals surface area contributed by atoms with Crippen LogP contribution in [0.25, 0.3) is 11.4 Å². The summed E-state index contributed by atoms with van der Waals surface area (Å²) in [5.41, 5.74) is 2.83. The monoisotopic (exact) mass is 510 g/mol. The normalized spacial score (nSPS) is 19.7. The van der Waals surface area contributed by atoms with E-state index >= 15 is 0 Å². The first-order valence-electron chi connectivity index (χ1n) is 13.0. The summed E-state index contributed by atoms with van der Waals surface area (Å²) in [6.45, 7) is 14.7. The number of morpholine rings is 1. The van der Waals surface area contributed by atoms with E-state index in [9.17, 15) is 9.59 Å². The van der Waals surface area contributed by atoms with Crippen LogP contribution >= 0.6 is 0 Å². The highest BCUT2D eigenvalue weighted by atomic mass is 16.6. The second-order valence-electron chi connectivity index (χ2n) is 10.5. The van der Waals surface area contributed by atoms with Crippen molar-refractivity contribution in [2.75, 3.05) is 43.1 Å². The van der Waals surface area contributed by atoms with E-state index in [0.29, 0.717) is 44.2 Å². The van der Waals surface area contributed by atoms with Crippen molar-refractivity contribution in [3.63, 3.8) is 0 Å². The number of amides is 3. The number of carbonyl (C=O) groups excluding carboxylic acids is 2. The molecule has 2 unspecified atom stereocenters. The minimum Gasteiger partial charge on any atom is -0.444 e. The van der Waals surface area contributed by atoms with E-state index in [4.69, 9.17) is 19.4 Å². The first-order chi connectivity index (χ1) is 17.6. The highest BCUT2D eigenvalue weighted by molar-refractivity contribution is 5.89. The number of carbonyl (C=O) groups is 2. The summed E-state index contributed by atoms with van der Waals surface area (Å²) in [5, 5.41) is 5.53. The van der Waals surface area contributed by atoms with Crippen molar-refractivity contribution in [2.45, 2.75) is 65.6 Å². The second kappa shape index (κ2) is 10.9. The summed E-state index contributed by atoms with van der Waals surface area (Å²) in [6, 6.07) is 7.11. The van der Waals surface area contributed by atoms with E-state index in [2.05, 4.69) is 22.5 Å². The van der Waals surface area contributed by atoms with Gasteiger partial charge < -0.3 is 25.0 Å². The van der Waals surface area contributed by atoms with Crippen LogP contribution in [-0.4, -0.2) is 71.5 Å². The average molecular weight is 511 g/mol. The SMILES string of the molecule is CCNC(=O)Nc1ccc(-c2nc3c(c(N4CCOCC4C)n2)CCN(C(=O)OC(C)(C)C)C3C)cc1. The number of ether oxygens (including phenoxy) is 2. The Hall–Kier alpha value is -3.40. The van der Waals surface area contributed by atoms with Crippen molar-refractivity contribution in [3.05, 3.63) is 35.5 Å². The van der Waals surface area contributed by atoms with Gasteiger partial charge in [0.1, 0.15) is 11.4 Å². The molecule has 10 nitrogen and oxygen atoms in total. The zero-order valence-corrected chi connectivity index (χ0v) is 22.6. The zero-order valence-electron chi connectivity index (χ0n) is 22.6. The van der Waals surface area contributed by atoms with Gasteiger partial charge in [-0.3, -0.25) is 4.90 Å². The Morgan fingerprint density at radius 1 is 1.14 bits per heavy atom. The van der Waals surface area contributed by atoms with Crippen LogP contribution in [-0.2, 0) is 15.9 Å². The van der Waals surface area contributed by atoms with Crippen LogP contribution in [0.4, 0.5) is 21.1 Å². The van der Waals surface area contributed by atoms with E-state index in [0.717, 1.165) is 29.2 Å². The number of fused-ring (bicyclic) bond motifs is 1. The van der Waals surface area contributed by atoms with Gasteiger partial charge in [-0.25, -0.2) is 19.6 Å². The van der Waals surface area contributed by atoms with Gasteiger partial charge in [0.05, 0.1) is 31.0 Å². The van der Waals surface area contributed by atoms with Crippen LogP contribution in [0, 0.1) is 0 Å². The fourth-order valence-corrected chi connectivity index (χ4v) is 4.66. The summed E-state index contributed by atoms with van der Waals surface area (Å²) < 4.78 is 11.4. The quantitative estimate of drug-likeness (QED) is 0.629. The van der Waals surface area contributed by atoms with Crippen molar-refractivity contribution in [3.8, 4) is 11.4 Å². The van der Waals surface area contributed by atoms with E-state index in [-0.39, 0.29) is 24.2 Å². The molecular formula is C27H38N6O4. The number of nitrogens with one attached hydrogen (secondary N) is 2. The van der Waals surface area contributed by atoms with Crippen LogP contribution in [0.5, 0.6) is 0 Å². The van der Waals surface area contributed by atoms with E-state index in [1.165, 1.54) is 0 Å². The van der Waals surface area contributed by atoms with Crippen molar-refractivity contribution >= 4 is 23.6 Å². The van der Waals surface area contributed by atoms with Gasteiger partial charge in [-0.05, 0) is 72.2 Å². The van der Waals surface area contributed by atoms with Gasteiger partial charge >= 0.3 is 12.1 Å². The number of aromatic nitrogens is 2. The Balaban J connectivity index is 1.71. The third-order valence-corrected chi connectivity index (χ3v) is 6.49. The van der Waals surface area contributed by atoms with E-state index in [1.807, 2.05) is 58.9 Å². The molecule has 1 aromatic heterocycles. The second-order valence-corrected chi connectivity index (χ2v) is 10.5. The Morgan fingerprint density at radius 2 is 1.86 bits per heavy atom. The minimum absolute atomic E-state index is 0.170. The molecule has 0 radical (unpaired) electrons. The lowest BCUT2D eigenvalue weighted by Gasteiger charge is -2.40. The largest absolute Gasteiger partial charge is 0.444 e. The molecule has 2 atom stereocenters. The van der Waals surface area contributed by atoms with E-state index < -0.39 is 5.60 Å². The third kappa shape index (κ3) is 6.12. The maximum atomic E-state index is 13.0. The number of nitrogens with zero attached hydrogens (tertiary/aromatic N) is 4. The summed E-state index contributed by atoms with van der Waals surface area (Å²) >= 11 is 0. The van der Waals surface area contributed by atoms with Gasteiger partial charge in [-0.1, -0.05) is 0 Å². The minimum atomic E-state index is -0.577. The van der Waals surface area contributed by atoms with Gasteiger partial charge in [0, 0.05) is 36.4 Å². The highest BCUT2D eigenvalue weighted by Crippen LogP contribution is 2.37. The molecule has 2 aliphatic rings. The van der Waals surface area contributed by atoms with Crippen molar-refractivity contribution < 1.29 is 19.1 Å². The summed E-state index contributed by atoms with van der Waals surface area (Å²) in [4.78, 5) is 38.9. The Bertz CT molecular complexity index is 1130. The molecule has 10 heteroatoms. The number of benzene rings is 1. The molecule has 1 aromatic carbocycles. The Kier molecular flexibility index (Phi) is 7.87. The fourth-order valence-electron chi connectivity index (χ4n) is 4.66. The molecule has 1 fully saturated rings. The van der Waals surface area contributed by atoms with Crippen LogP contribution in [0.2, 0.25) is 0 Å². The number of anilines is 2. The molecule has 37 heavy (non-hydrogen) atoms. The predicted molar refractivity (Wildman–Crippen MR) is 143 cm³/mol. The lowest BCUT2D eigenvalue weighted by molar-refractivity contribution is 0.0154. The van der Waals surface area contributed by atoms with Crippen molar-refractivity contribution in [1.82, 2.24) is 20.2 Å². The van der Waals surface area contributed by atoms with Crippen molar-refractivity contribution in [2.24, 2.45) is 0 Å². The summed E-state index contributed by atoms with van der Waals surface area (Å²) in [7, 11) is 0. The predicted octanol–water partition coefficient (Wildman–Crippen LogP) is 4.36. The molecule has 200 valence electrons. The van der Waals surface area contributed by atoms with Crippen LogP contribution in [0.1, 0.15) is 58.8 Å². The molecule has 2 aromatic rings. The smallest absolute Gasteiger partial charge is 0.410 e. The highest BCUT2D eigenvalue weighted by Gasteiger charge is 2.36. The lowest BCUT2D eigenvalue weighted by Crippen LogP contribution is -2.46. The molecule has 4 rings (SSSR count). The number of rotatable bonds is 4. The molecule has 3 heterocycles. The maximum absolute atomic E-state index is 13.0. The van der Waals surface area contributed by atoms with Crippen LogP contribution in [0.3, 0.4) is 0 Å². The number of hydrogen-bond acceptors (Lipinski definition) is 7. The molecule has 2 N–H and O–H groups in total. The Morgan fingerprint density at radius 3 is 2.51 bits per heavy atom. The number of urea groups is 1. The molecule has 0 aliphatic carbocycles. The number of hydrogen-bond donors (Lipinski definition) is 2. The molecular weight excluding hydrogens is 472 g/mol. The molecule has 0 bridgehead atoms. The standard InChI is InChI=1S/C27H38N6O4/c1-7-28-25(34)29-20-10-8-19(9-11-20)23-30-22-18(3)33(26(35)37-27(4,5)6)13-12-21(22)24(31-23)32-14-15-36-16-17(32)2/h8-11,17-18H,7,12-16H2,1-6H3,(H2,28,29,34). The molecule has 2 aliphatic heterocycles. The van der Waals surface area contributed by atoms with Gasteiger partial charge in [0.15, 0.2) is 5.82 Å². The Labute approximate surface area is 218 Å². The molecule has 3 amide bonds. The molecule has 1 saturated heterocycles. The summed E-state index contributed by atoms with van der Waals surface area (Å²) in [6.07, 6.45) is 0.307. The molecule has 0 saturated carbocycles. The maximum Gasteiger partial charge on any atom is 0.410 e. The van der Waals surface area contributed by atoms with Crippen LogP contribution in [0.15, 0.2) is 24.3 Å². The topological polar surface area (TPSA) is 109 Å². The van der Waals surface area contributed by atoms with Gasteiger partial charge in [0.2, 0.25) is 0 Å². The van der Waals surface area contributed by atoms with Crippen molar-refractivity contribution in [1.29, 1.82) is 0 Å². The van der Waals surface area contributed by atoms with Gasteiger partial charge in [0.25, 0.3) is 0 Å². The lowest BCUT2D eigenvalue weighted by atomic mass is 9.98. The third-order valence-electron chi connectivity index (χ3n) is 6.49. The van der Waals surface area contributed by atoms with Crippen LogP contribution < -0.4 is 15.5 Å². The van der Waals surface area contributed by atoms with Gasteiger partial charge in [-0.15, -0.1) is 0 Å². The zero-order chi connectivity index (χ0) is 26.7.